The summed E-state index contributed by atoms with van der Waals surface area (Å²) >= 11 is 0. The van der Waals surface area contributed by atoms with Crippen molar-refractivity contribution in [2.75, 3.05) is 38.5 Å². The van der Waals surface area contributed by atoms with E-state index in [0.717, 1.165) is 56.9 Å². The van der Waals surface area contributed by atoms with Crippen LogP contribution in [0.25, 0.3) is 0 Å². The van der Waals surface area contributed by atoms with Gasteiger partial charge in [-0.15, -0.1) is 0 Å². The van der Waals surface area contributed by atoms with Crippen molar-refractivity contribution in [1.29, 1.82) is 0 Å². The Kier molecular flexibility index (Phi) is 6.47. The van der Waals surface area contributed by atoms with E-state index in [1.807, 2.05) is 42.5 Å². The lowest BCUT2D eigenvalue weighted by molar-refractivity contribution is 0.102. The first-order valence-electron chi connectivity index (χ1n) is 10.7. The standard InChI is InChI=1S/C24H31N3O2/c1-27-13-10-23(11-14-27)29-22-7-5-21(6-8-22)26-24(28)20-4-2-3-18(16-20)15-19-9-12-25-17-19/h2-8,16,19,23,25H,9-15,17H2,1H3,(H,26,28). The summed E-state index contributed by atoms with van der Waals surface area (Å²) in [5.41, 5.74) is 2.73. The van der Waals surface area contributed by atoms with Gasteiger partial charge in [0, 0.05) is 24.3 Å². The molecule has 4 rings (SSSR count). The second-order valence-electron chi connectivity index (χ2n) is 8.36. The first-order chi connectivity index (χ1) is 14.2. The number of hydrogen-bond acceptors (Lipinski definition) is 4. The zero-order chi connectivity index (χ0) is 20.1. The van der Waals surface area contributed by atoms with Gasteiger partial charge >= 0.3 is 0 Å². The van der Waals surface area contributed by atoms with Crippen LogP contribution in [0.1, 0.15) is 35.2 Å². The van der Waals surface area contributed by atoms with Crippen LogP contribution in [0.4, 0.5) is 5.69 Å². The minimum absolute atomic E-state index is 0.0691. The molecule has 2 aromatic carbocycles. The molecule has 0 bridgehead atoms. The Bertz CT molecular complexity index is 807. The maximum Gasteiger partial charge on any atom is 0.255 e. The van der Waals surface area contributed by atoms with Crippen LogP contribution >= 0.6 is 0 Å². The van der Waals surface area contributed by atoms with Gasteiger partial charge in [-0.25, -0.2) is 0 Å². The number of carbonyl (C=O) groups is 1. The average molecular weight is 394 g/mol. The Balaban J connectivity index is 1.32. The molecule has 154 valence electrons. The molecule has 1 atom stereocenters. The quantitative estimate of drug-likeness (QED) is 0.788. The van der Waals surface area contributed by atoms with E-state index < -0.39 is 0 Å². The van der Waals surface area contributed by atoms with Gasteiger partial charge in [0.05, 0.1) is 0 Å². The van der Waals surface area contributed by atoms with E-state index in [9.17, 15) is 4.79 Å². The molecule has 0 radical (unpaired) electrons. The largest absolute Gasteiger partial charge is 0.490 e. The molecule has 29 heavy (non-hydrogen) atoms. The molecule has 1 amide bonds. The zero-order valence-electron chi connectivity index (χ0n) is 17.2. The molecule has 0 aliphatic carbocycles. The van der Waals surface area contributed by atoms with Gasteiger partial charge in [0.2, 0.25) is 0 Å². The summed E-state index contributed by atoms with van der Waals surface area (Å²) in [5.74, 6) is 1.47. The minimum Gasteiger partial charge on any atom is -0.490 e. The van der Waals surface area contributed by atoms with Gasteiger partial charge < -0.3 is 20.3 Å². The van der Waals surface area contributed by atoms with Crippen molar-refractivity contribution in [2.45, 2.75) is 31.8 Å². The number of piperidine rings is 1. The average Bonchev–Trinajstić information content (AvgIpc) is 3.24. The van der Waals surface area contributed by atoms with E-state index in [1.165, 1.54) is 12.0 Å². The van der Waals surface area contributed by atoms with Crippen molar-refractivity contribution >= 4 is 11.6 Å². The molecule has 2 aliphatic rings. The molecule has 0 saturated carbocycles. The highest BCUT2D eigenvalue weighted by Crippen LogP contribution is 2.22. The third kappa shape index (κ3) is 5.58. The third-order valence-corrected chi connectivity index (χ3v) is 5.96. The number of amides is 1. The predicted octanol–water partition coefficient (Wildman–Crippen LogP) is 3.56. The van der Waals surface area contributed by atoms with Crippen LogP contribution in [0.5, 0.6) is 5.75 Å². The maximum absolute atomic E-state index is 12.7. The van der Waals surface area contributed by atoms with Gasteiger partial charge in [-0.05, 0) is 93.7 Å². The number of ether oxygens (including phenoxy) is 1. The number of nitrogens with one attached hydrogen (secondary N) is 2. The van der Waals surface area contributed by atoms with Crippen LogP contribution in [0.2, 0.25) is 0 Å². The summed E-state index contributed by atoms with van der Waals surface area (Å²) in [7, 11) is 2.15. The smallest absolute Gasteiger partial charge is 0.255 e. The van der Waals surface area contributed by atoms with Crippen LogP contribution in [0, 0.1) is 5.92 Å². The van der Waals surface area contributed by atoms with E-state index in [2.05, 4.69) is 28.6 Å². The summed E-state index contributed by atoms with van der Waals surface area (Å²) in [5, 5.41) is 6.41. The van der Waals surface area contributed by atoms with Gasteiger partial charge in [-0.3, -0.25) is 4.79 Å². The molecule has 5 nitrogen and oxygen atoms in total. The Hall–Kier alpha value is -2.37. The summed E-state index contributed by atoms with van der Waals surface area (Å²) in [4.78, 5) is 15.0. The summed E-state index contributed by atoms with van der Waals surface area (Å²) < 4.78 is 6.08. The minimum atomic E-state index is -0.0691. The molecule has 2 heterocycles. The van der Waals surface area contributed by atoms with Gasteiger partial charge in [-0.1, -0.05) is 12.1 Å². The van der Waals surface area contributed by atoms with Gasteiger partial charge in [-0.2, -0.15) is 0 Å². The number of rotatable bonds is 6. The molecular formula is C24H31N3O2. The lowest BCUT2D eigenvalue weighted by Gasteiger charge is -2.29. The molecule has 2 aromatic rings. The van der Waals surface area contributed by atoms with Gasteiger partial charge in [0.25, 0.3) is 5.91 Å². The molecular weight excluding hydrogens is 362 g/mol. The molecule has 2 saturated heterocycles. The van der Waals surface area contributed by atoms with Crippen molar-refractivity contribution < 1.29 is 9.53 Å². The Morgan fingerprint density at radius 1 is 1.14 bits per heavy atom. The molecule has 0 aromatic heterocycles. The number of carbonyl (C=O) groups excluding carboxylic acids is 1. The van der Waals surface area contributed by atoms with Crippen molar-refractivity contribution in [3.05, 3.63) is 59.7 Å². The predicted molar refractivity (Wildman–Crippen MR) is 117 cm³/mol. The number of benzene rings is 2. The fourth-order valence-electron chi connectivity index (χ4n) is 4.18. The van der Waals surface area contributed by atoms with E-state index >= 15 is 0 Å². The number of likely N-dealkylation sites (tertiary alicyclic amines) is 1. The van der Waals surface area contributed by atoms with Crippen molar-refractivity contribution in [3.8, 4) is 5.75 Å². The lowest BCUT2D eigenvalue weighted by atomic mass is 9.97. The SMILES string of the molecule is CN1CCC(Oc2ccc(NC(=O)c3cccc(CC4CCNC4)c3)cc2)CC1. The second-order valence-corrected chi connectivity index (χ2v) is 8.36. The van der Waals surface area contributed by atoms with Crippen molar-refractivity contribution in [2.24, 2.45) is 5.92 Å². The van der Waals surface area contributed by atoms with Gasteiger partial charge in [0.15, 0.2) is 0 Å². The topological polar surface area (TPSA) is 53.6 Å². The number of hydrogen-bond donors (Lipinski definition) is 2. The number of nitrogens with zero attached hydrogens (tertiary/aromatic N) is 1. The molecule has 2 aliphatic heterocycles. The van der Waals surface area contributed by atoms with E-state index in [4.69, 9.17) is 4.74 Å². The first-order valence-corrected chi connectivity index (χ1v) is 10.7. The molecule has 1 unspecified atom stereocenters. The van der Waals surface area contributed by atoms with Crippen LogP contribution in [-0.2, 0) is 6.42 Å². The molecule has 2 fully saturated rings. The van der Waals surface area contributed by atoms with Crippen LogP contribution in [0.3, 0.4) is 0 Å². The first kappa shape index (κ1) is 19.9. The highest BCUT2D eigenvalue weighted by Gasteiger charge is 2.18. The second kappa shape index (κ2) is 9.42. The van der Waals surface area contributed by atoms with Crippen LogP contribution in [0.15, 0.2) is 48.5 Å². The maximum atomic E-state index is 12.7. The fourth-order valence-corrected chi connectivity index (χ4v) is 4.18. The fraction of sp³-hybridized carbons (Fsp3) is 0.458. The highest BCUT2D eigenvalue weighted by atomic mass is 16.5. The molecule has 2 N–H and O–H groups in total. The third-order valence-electron chi connectivity index (χ3n) is 5.96. The molecule has 5 heteroatoms. The normalized spacial score (nSPS) is 20.5. The molecule has 0 spiro atoms. The van der Waals surface area contributed by atoms with Crippen LogP contribution < -0.4 is 15.4 Å². The van der Waals surface area contributed by atoms with Crippen molar-refractivity contribution in [1.82, 2.24) is 10.2 Å². The highest BCUT2D eigenvalue weighted by molar-refractivity contribution is 6.04. The van der Waals surface area contributed by atoms with Crippen LogP contribution in [-0.4, -0.2) is 50.1 Å². The summed E-state index contributed by atoms with van der Waals surface area (Å²) in [6.45, 7) is 4.33. The zero-order valence-corrected chi connectivity index (χ0v) is 17.2. The van der Waals surface area contributed by atoms with Gasteiger partial charge in [0.1, 0.15) is 11.9 Å². The summed E-state index contributed by atoms with van der Waals surface area (Å²) in [6, 6.07) is 15.7. The summed E-state index contributed by atoms with van der Waals surface area (Å²) in [6.07, 6.45) is 4.63. The van der Waals surface area contributed by atoms with E-state index in [0.29, 0.717) is 11.5 Å². The number of anilines is 1. The van der Waals surface area contributed by atoms with Crippen molar-refractivity contribution in [3.63, 3.8) is 0 Å². The van der Waals surface area contributed by atoms with E-state index in [1.54, 1.807) is 0 Å². The Labute approximate surface area is 173 Å². The van der Waals surface area contributed by atoms with E-state index in [-0.39, 0.29) is 12.0 Å². The Morgan fingerprint density at radius 3 is 2.66 bits per heavy atom. The monoisotopic (exact) mass is 393 g/mol. The Morgan fingerprint density at radius 2 is 1.93 bits per heavy atom. The lowest BCUT2D eigenvalue weighted by Crippen LogP contribution is -2.35.